The standard InChI is InChI=1S/C22H25N3O2/c1-15-12-20(24-22-18(15)4-3-5-19(22)27-2)25-10-8-16(9-11-25)13-17-6-7-21(26)23-14-17/h3-7,12,14,16H,8-11,13H2,1-2H3,(H,23,26). The molecule has 0 saturated carbocycles. The number of anilines is 1. The first-order valence-electron chi connectivity index (χ1n) is 9.51. The van der Waals surface area contributed by atoms with E-state index in [0.717, 1.165) is 54.8 Å². The van der Waals surface area contributed by atoms with Crippen LogP contribution in [-0.4, -0.2) is 30.2 Å². The van der Waals surface area contributed by atoms with Crippen molar-refractivity contribution >= 4 is 16.7 Å². The van der Waals surface area contributed by atoms with E-state index in [9.17, 15) is 4.79 Å². The predicted octanol–water partition coefficient (Wildman–Crippen LogP) is 3.70. The third-order valence-electron chi connectivity index (χ3n) is 5.53. The molecule has 1 aliphatic rings. The van der Waals surface area contributed by atoms with Crippen LogP contribution in [0.1, 0.15) is 24.0 Å². The molecule has 140 valence electrons. The number of nitrogens with one attached hydrogen (secondary N) is 1. The van der Waals surface area contributed by atoms with Crippen molar-refractivity contribution in [3.63, 3.8) is 0 Å². The second kappa shape index (κ2) is 7.43. The van der Waals surface area contributed by atoms with Crippen LogP contribution in [0, 0.1) is 12.8 Å². The van der Waals surface area contributed by atoms with E-state index in [4.69, 9.17) is 9.72 Å². The zero-order valence-corrected chi connectivity index (χ0v) is 15.9. The highest BCUT2D eigenvalue weighted by atomic mass is 16.5. The van der Waals surface area contributed by atoms with Crippen LogP contribution in [0.3, 0.4) is 0 Å². The second-order valence-electron chi connectivity index (χ2n) is 7.35. The number of fused-ring (bicyclic) bond motifs is 1. The number of aromatic amines is 1. The molecule has 0 amide bonds. The number of hydrogen-bond acceptors (Lipinski definition) is 4. The molecular weight excluding hydrogens is 338 g/mol. The van der Waals surface area contributed by atoms with E-state index in [0.29, 0.717) is 5.92 Å². The highest BCUT2D eigenvalue weighted by molar-refractivity contribution is 5.88. The van der Waals surface area contributed by atoms with Crippen molar-refractivity contribution in [2.75, 3.05) is 25.1 Å². The van der Waals surface area contributed by atoms with Gasteiger partial charge in [-0.15, -0.1) is 0 Å². The molecule has 0 atom stereocenters. The van der Waals surface area contributed by atoms with Crippen molar-refractivity contribution in [2.24, 2.45) is 5.92 Å². The lowest BCUT2D eigenvalue weighted by Gasteiger charge is -2.33. The number of piperidine rings is 1. The Labute approximate surface area is 159 Å². The number of pyridine rings is 2. The third-order valence-corrected chi connectivity index (χ3v) is 5.53. The van der Waals surface area contributed by atoms with E-state index in [-0.39, 0.29) is 5.56 Å². The van der Waals surface area contributed by atoms with Crippen molar-refractivity contribution in [1.82, 2.24) is 9.97 Å². The van der Waals surface area contributed by atoms with E-state index < -0.39 is 0 Å². The van der Waals surface area contributed by atoms with Crippen LogP contribution in [-0.2, 0) is 6.42 Å². The van der Waals surface area contributed by atoms with Gasteiger partial charge in [-0.25, -0.2) is 4.98 Å². The fourth-order valence-corrected chi connectivity index (χ4v) is 3.97. The van der Waals surface area contributed by atoms with E-state index in [2.05, 4.69) is 28.9 Å². The molecule has 1 aromatic carbocycles. The predicted molar refractivity (Wildman–Crippen MR) is 109 cm³/mol. The minimum absolute atomic E-state index is 0.0401. The van der Waals surface area contributed by atoms with Gasteiger partial charge >= 0.3 is 0 Å². The van der Waals surface area contributed by atoms with Crippen LogP contribution in [0.25, 0.3) is 10.9 Å². The van der Waals surface area contributed by atoms with Gasteiger partial charge in [0.05, 0.1) is 7.11 Å². The summed E-state index contributed by atoms with van der Waals surface area (Å²) in [5, 5.41) is 1.14. The van der Waals surface area contributed by atoms with Crippen LogP contribution < -0.4 is 15.2 Å². The Morgan fingerprint density at radius 1 is 1.22 bits per heavy atom. The Bertz CT molecular complexity index is 984. The molecule has 1 saturated heterocycles. The normalized spacial score (nSPS) is 15.3. The molecule has 1 fully saturated rings. The van der Waals surface area contributed by atoms with Crippen LogP contribution in [0.2, 0.25) is 0 Å². The van der Waals surface area contributed by atoms with Crippen molar-refractivity contribution in [1.29, 1.82) is 0 Å². The van der Waals surface area contributed by atoms with Gasteiger partial charge in [-0.05, 0) is 55.4 Å². The highest BCUT2D eigenvalue weighted by Gasteiger charge is 2.21. The van der Waals surface area contributed by atoms with Crippen LogP contribution in [0.4, 0.5) is 5.82 Å². The maximum Gasteiger partial charge on any atom is 0.247 e. The molecule has 0 aliphatic carbocycles. The molecule has 4 rings (SSSR count). The summed E-state index contributed by atoms with van der Waals surface area (Å²) in [6.07, 6.45) is 5.12. The average Bonchev–Trinajstić information content (AvgIpc) is 2.70. The molecule has 0 spiro atoms. The van der Waals surface area contributed by atoms with Gasteiger partial charge in [-0.2, -0.15) is 0 Å². The molecule has 1 N–H and O–H groups in total. The Balaban J connectivity index is 1.49. The molecule has 0 bridgehead atoms. The largest absolute Gasteiger partial charge is 0.494 e. The van der Waals surface area contributed by atoms with E-state index >= 15 is 0 Å². The molecule has 1 aliphatic heterocycles. The number of aryl methyl sites for hydroxylation is 1. The van der Waals surface area contributed by atoms with Gasteiger partial charge < -0.3 is 14.6 Å². The topological polar surface area (TPSA) is 58.2 Å². The number of ether oxygens (including phenoxy) is 1. The molecule has 2 aromatic heterocycles. The Morgan fingerprint density at radius 3 is 2.74 bits per heavy atom. The third kappa shape index (κ3) is 3.68. The van der Waals surface area contributed by atoms with Crippen molar-refractivity contribution in [3.8, 4) is 5.75 Å². The van der Waals surface area contributed by atoms with Crippen LogP contribution in [0.15, 0.2) is 47.4 Å². The molecule has 0 radical (unpaired) electrons. The zero-order chi connectivity index (χ0) is 18.8. The zero-order valence-electron chi connectivity index (χ0n) is 15.9. The quantitative estimate of drug-likeness (QED) is 0.768. The summed E-state index contributed by atoms with van der Waals surface area (Å²) in [6, 6.07) is 11.8. The van der Waals surface area contributed by atoms with Gasteiger partial charge in [0, 0.05) is 30.7 Å². The van der Waals surface area contributed by atoms with E-state index in [1.807, 2.05) is 24.4 Å². The average molecular weight is 363 g/mol. The Kier molecular flexibility index (Phi) is 4.84. The van der Waals surface area contributed by atoms with E-state index in [1.54, 1.807) is 13.2 Å². The lowest BCUT2D eigenvalue weighted by molar-refractivity contribution is 0.401. The highest BCUT2D eigenvalue weighted by Crippen LogP contribution is 2.31. The van der Waals surface area contributed by atoms with E-state index in [1.165, 1.54) is 11.1 Å². The summed E-state index contributed by atoms with van der Waals surface area (Å²) < 4.78 is 5.51. The van der Waals surface area contributed by atoms with Gasteiger partial charge in [0.15, 0.2) is 0 Å². The first-order chi connectivity index (χ1) is 13.1. The van der Waals surface area contributed by atoms with Gasteiger partial charge in [0.25, 0.3) is 0 Å². The van der Waals surface area contributed by atoms with Crippen LogP contribution >= 0.6 is 0 Å². The number of rotatable bonds is 4. The molecule has 5 heteroatoms. The maximum absolute atomic E-state index is 11.2. The summed E-state index contributed by atoms with van der Waals surface area (Å²) in [4.78, 5) is 21.3. The molecule has 27 heavy (non-hydrogen) atoms. The fourth-order valence-electron chi connectivity index (χ4n) is 3.97. The molecular formula is C22H25N3O2. The summed E-state index contributed by atoms with van der Waals surface area (Å²) in [7, 11) is 1.70. The number of nitrogens with zero attached hydrogens (tertiary/aromatic N) is 2. The van der Waals surface area contributed by atoms with Crippen LogP contribution in [0.5, 0.6) is 5.75 Å². The van der Waals surface area contributed by atoms with Gasteiger partial charge in [0.2, 0.25) is 5.56 Å². The first kappa shape index (κ1) is 17.6. The maximum atomic E-state index is 11.2. The summed E-state index contributed by atoms with van der Waals surface area (Å²) >= 11 is 0. The summed E-state index contributed by atoms with van der Waals surface area (Å²) in [5.41, 5.74) is 3.33. The summed E-state index contributed by atoms with van der Waals surface area (Å²) in [6.45, 7) is 4.14. The van der Waals surface area contributed by atoms with Crippen molar-refractivity contribution in [3.05, 3.63) is 64.1 Å². The number of benzene rings is 1. The van der Waals surface area contributed by atoms with Gasteiger partial charge in [-0.1, -0.05) is 18.2 Å². The first-order valence-corrected chi connectivity index (χ1v) is 9.51. The van der Waals surface area contributed by atoms with Crippen molar-refractivity contribution in [2.45, 2.75) is 26.2 Å². The van der Waals surface area contributed by atoms with Crippen molar-refractivity contribution < 1.29 is 4.74 Å². The minimum atomic E-state index is -0.0401. The molecule has 3 aromatic rings. The molecule has 5 nitrogen and oxygen atoms in total. The number of para-hydroxylation sites is 1. The molecule has 0 unspecified atom stereocenters. The Morgan fingerprint density at radius 2 is 2.04 bits per heavy atom. The van der Waals surface area contributed by atoms with Gasteiger partial charge in [-0.3, -0.25) is 4.79 Å². The monoisotopic (exact) mass is 363 g/mol. The number of aromatic nitrogens is 2. The minimum Gasteiger partial charge on any atom is -0.494 e. The SMILES string of the molecule is COc1cccc2c(C)cc(N3CCC(Cc4ccc(=O)[nH]c4)CC3)nc12. The molecule has 3 heterocycles. The number of hydrogen-bond donors (Lipinski definition) is 1. The lowest BCUT2D eigenvalue weighted by Crippen LogP contribution is -2.35. The fraction of sp³-hybridized carbons (Fsp3) is 0.364. The smallest absolute Gasteiger partial charge is 0.247 e. The Hall–Kier alpha value is -2.82. The van der Waals surface area contributed by atoms with Gasteiger partial charge in [0.1, 0.15) is 17.1 Å². The lowest BCUT2D eigenvalue weighted by atomic mass is 9.90. The number of methoxy groups -OCH3 is 1. The second-order valence-corrected chi connectivity index (χ2v) is 7.35. The number of H-pyrrole nitrogens is 1. The summed E-state index contributed by atoms with van der Waals surface area (Å²) in [5.74, 6) is 2.50.